The Hall–Kier alpha value is -2.05. The van der Waals surface area contributed by atoms with Crippen molar-refractivity contribution in [2.75, 3.05) is 0 Å². The maximum Gasteiger partial charge on any atom is 0.188 e. The molecule has 3 aromatic rings. The van der Waals surface area contributed by atoms with Crippen LogP contribution in [0.15, 0.2) is 58.5 Å². The topological polar surface area (TPSA) is 74.9 Å². The van der Waals surface area contributed by atoms with Gasteiger partial charge in [0.25, 0.3) is 0 Å². The van der Waals surface area contributed by atoms with Crippen LogP contribution in [0.25, 0.3) is 0 Å². The van der Waals surface area contributed by atoms with Crippen molar-refractivity contribution in [2.24, 2.45) is 0 Å². The maximum atomic E-state index is 10.2. The number of aliphatic hydroxyl groups excluding tert-OH is 1. The SMILES string of the molecule is O[C@H](c1ccccc1)c1nnc(SCc2ccoc2)[nH]1. The predicted molar refractivity (Wildman–Crippen MR) is 75.2 cm³/mol. The zero-order valence-corrected chi connectivity index (χ0v) is 11.4. The Balaban J connectivity index is 1.67. The summed E-state index contributed by atoms with van der Waals surface area (Å²) in [6, 6.07) is 11.3. The molecule has 0 unspecified atom stereocenters. The maximum absolute atomic E-state index is 10.2. The number of hydrogen-bond acceptors (Lipinski definition) is 5. The van der Waals surface area contributed by atoms with Gasteiger partial charge < -0.3 is 14.5 Å². The number of rotatable bonds is 5. The molecule has 2 heterocycles. The molecule has 2 aromatic heterocycles. The lowest BCUT2D eigenvalue weighted by molar-refractivity contribution is 0.210. The highest BCUT2D eigenvalue weighted by Gasteiger charge is 2.15. The van der Waals surface area contributed by atoms with Gasteiger partial charge in [0, 0.05) is 11.3 Å². The molecule has 1 aromatic carbocycles. The van der Waals surface area contributed by atoms with Crippen molar-refractivity contribution in [3.8, 4) is 0 Å². The van der Waals surface area contributed by atoms with E-state index in [1.807, 2.05) is 36.4 Å². The number of aromatic amines is 1. The minimum atomic E-state index is -0.785. The van der Waals surface area contributed by atoms with E-state index in [0.717, 1.165) is 16.9 Å². The molecule has 1 atom stereocenters. The van der Waals surface area contributed by atoms with Crippen molar-refractivity contribution in [1.82, 2.24) is 15.2 Å². The van der Waals surface area contributed by atoms with Gasteiger partial charge >= 0.3 is 0 Å². The van der Waals surface area contributed by atoms with E-state index in [1.54, 1.807) is 12.5 Å². The average molecular weight is 287 g/mol. The van der Waals surface area contributed by atoms with E-state index in [9.17, 15) is 5.11 Å². The van der Waals surface area contributed by atoms with Gasteiger partial charge in [0.1, 0.15) is 6.10 Å². The Labute approximate surface area is 120 Å². The van der Waals surface area contributed by atoms with Crippen molar-refractivity contribution in [3.63, 3.8) is 0 Å². The lowest BCUT2D eigenvalue weighted by Gasteiger charge is -2.06. The second-order valence-electron chi connectivity index (χ2n) is 4.25. The van der Waals surface area contributed by atoms with E-state index in [-0.39, 0.29) is 0 Å². The van der Waals surface area contributed by atoms with Crippen LogP contribution in [0.3, 0.4) is 0 Å². The first kappa shape index (κ1) is 13.0. The molecular weight excluding hydrogens is 274 g/mol. The standard InChI is InChI=1S/C14H13N3O2S/c18-12(11-4-2-1-3-5-11)13-15-14(17-16-13)20-9-10-6-7-19-8-10/h1-8,12,18H,9H2,(H,15,16,17)/t12-/m1/s1. The van der Waals surface area contributed by atoms with Crippen molar-refractivity contribution >= 4 is 11.8 Å². The molecule has 2 N–H and O–H groups in total. The number of H-pyrrole nitrogens is 1. The van der Waals surface area contributed by atoms with Gasteiger partial charge in [0.2, 0.25) is 0 Å². The highest BCUT2D eigenvalue weighted by Crippen LogP contribution is 2.23. The Morgan fingerprint density at radius 3 is 2.80 bits per heavy atom. The number of nitrogens with one attached hydrogen (secondary N) is 1. The third kappa shape index (κ3) is 2.92. The quantitative estimate of drug-likeness (QED) is 0.706. The van der Waals surface area contributed by atoms with Gasteiger partial charge in [-0.1, -0.05) is 42.1 Å². The second kappa shape index (κ2) is 5.94. The predicted octanol–water partition coefficient (Wildman–Crippen LogP) is 2.77. The first-order chi connectivity index (χ1) is 9.83. The summed E-state index contributed by atoms with van der Waals surface area (Å²) < 4.78 is 5.00. The van der Waals surface area contributed by atoms with Gasteiger partial charge in [-0.3, -0.25) is 0 Å². The van der Waals surface area contributed by atoms with Gasteiger partial charge in [0.15, 0.2) is 11.0 Å². The lowest BCUT2D eigenvalue weighted by atomic mass is 10.1. The molecular formula is C14H13N3O2S. The molecule has 0 aliphatic rings. The van der Waals surface area contributed by atoms with Crippen molar-refractivity contribution in [2.45, 2.75) is 17.0 Å². The van der Waals surface area contributed by atoms with Crippen molar-refractivity contribution in [1.29, 1.82) is 0 Å². The Morgan fingerprint density at radius 2 is 2.05 bits per heavy atom. The normalized spacial score (nSPS) is 12.4. The zero-order valence-electron chi connectivity index (χ0n) is 10.6. The van der Waals surface area contributed by atoms with Crippen LogP contribution in [0.1, 0.15) is 23.1 Å². The second-order valence-corrected chi connectivity index (χ2v) is 5.21. The van der Waals surface area contributed by atoms with Gasteiger partial charge in [-0.15, -0.1) is 10.2 Å². The molecule has 0 spiro atoms. The highest BCUT2D eigenvalue weighted by atomic mass is 32.2. The fraction of sp³-hybridized carbons (Fsp3) is 0.143. The van der Waals surface area contributed by atoms with Crippen molar-refractivity contribution < 1.29 is 9.52 Å². The zero-order chi connectivity index (χ0) is 13.8. The highest BCUT2D eigenvalue weighted by molar-refractivity contribution is 7.98. The van der Waals surface area contributed by atoms with E-state index in [4.69, 9.17) is 4.42 Å². The lowest BCUT2D eigenvalue weighted by Crippen LogP contribution is -2.01. The van der Waals surface area contributed by atoms with Crippen molar-refractivity contribution in [3.05, 3.63) is 65.9 Å². The van der Waals surface area contributed by atoms with Gasteiger partial charge in [0.05, 0.1) is 12.5 Å². The third-order valence-corrected chi connectivity index (χ3v) is 3.75. The first-order valence-electron chi connectivity index (χ1n) is 6.12. The molecule has 0 bridgehead atoms. The minimum absolute atomic E-state index is 0.450. The van der Waals surface area contributed by atoms with E-state index in [2.05, 4.69) is 15.2 Å². The van der Waals surface area contributed by atoms with Crippen LogP contribution >= 0.6 is 11.8 Å². The fourth-order valence-corrected chi connectivity index (χ4v) is 2.51. The molecule has 3 rings (SSSR count). The summed E-state index contributed by atoms with van der Waals surface area (Å²) in [4.78, 5) is 3.03. The number of furan rings is 1. The monoisotopic (exact) mass is 287 g/mol. The fourth-order valence-electron chi connectivity index (χ4n) is 1.77. The largest absolute Gasteiger partial charge is 0.472 e. The molecule has 0 radical (unpaired) electrons. The summed E-state index contributed by atoms with van der Waals surface area (Å²) in [7, 11) is 0. The summed E-state index contributed by atoms with van der Waals surface area (Å²) in [6.45, 7) is 0. The minimum Gasteiger partial charge on any atom is -0.472 e. The van der Waals surface area contributed by atoms with Gasteiger partial charge in [-0.2, -0.15) is 0 Å². The summed E-state index contributed by atoms with van der Waals surface area (Å²) in [6.07, 6.45) is 2.55. The molecule has 0 aliphatic heterocycles. The smallest absolute Gasteiger partial charge is 0.188 e. The molecule has 0 saturated heterocycles. The van der Waals surface area contributed by atoms with Gasteiger partial charge in [-0.05, 0) is 11.6 Å². The van der Waals surface area contributed by atoms with Crippen LogP contribution in [-0.4, -0.2) is 20.3 Å². The van der Waals surface area contributed by atoms with Crippen LogP contribution in [0.5, 0.6) is 0 Å². The van der Waals surface area contributed by atoms with Crippen LogP contribution < -0.4 is 0 Å². The van der Waals surface area contributed by atoms with Crippen LogP contribution in [0, 0.1) is 0 Å². The molecule has 5 nitrogen and oxygen atoms in total. The number of benzene rings is 1. The van der Waals surface area contributed by atoms with Crippen LogP contribution in [-0.2, 0) is 5.75 Å². The molecule has 0 fully saturated rings. The molecule has 0 aliphatic carbocycles. The number of hydrogen-bond donors (Lipinski definition) is 2. The average Bonchev–Trinajstić information content (AvgIpc) is 3.17. The van der Waals surface area contributed by atoms with Crippen LogP contribution in [0.4, 0.5) is 0 Å². The van der Waals surface area contributed by atoms with Crippen LogP contribution in [0.2, 0.25) is 0 Å². The number of aliphatic hydroxyl groups is 1. The number of thioether (sulfide) groups is 1. The summed E-state index contributed by atoms with van der Waals surface area (Å²) in [5.74, 6) is 1.19. The summed E-state index contributed by atoms with van der Waals surface area (Å²) in [5, 5.41) is 18.9. The third-order valence-electron chi connectivity index (χ3n) is 2.81. The number of nitrogens with zero attached hydrogens (tertiary/aromatic N) is 2. The van der Waals surface area contributed by atoms with Gasteiger partial charge in [-0.25, -0.2) is 0 Å². The molecule has 6 heteroatoms. The first-order valence-corrected chi connectivity index (χ1v) is 7.11. The Kier molecular flexibility index (Phi) is 3.85. The van der Waals surface area contributed by atoms with E-state index >= 15 is 0 Å². The number of aromatic nitrogens is 3. The Bertz CT molecular complexity index is 652. The molecule has 0 saturated carbocycles. The summed E-state index contributed by atoms with van der Waals surface area (Å²) >= 11 is 1.51. The van der Waals surface area contributed by atoms with E-state index in [0.29, 0.717) is 11.0 Å². The summed E-state index contributed by atoms with van der Waals surface area (Å²) in [5.41, 5.74) is 1.87. The Morgan fingerprint density at radius 1 is 1.20 bits per heavy atom. The molecule has 20 heavy (non-hydrogen) atoms. The molecule has 102 valence electrons. The van der Waals surface area contributed by atoms with E-state index in [1.165, 1.54) is 11.8 Å². The molecule has 0 amide bonds. The van der Waals surface area contributed by atoms with E-state index < -0.39 is 6.10 Å².